The van der Waals surface area contributed by atoms with Crippen molar-refractivity contribution in [3.63, 3.8) is 0 Å². The molecular weight excluding hydrogens is 1430 g/mol. The van der Waals surface area contributed by atoms with Crippen LogP contribution in [-0.2, 0) is 70.3 Å². The van der Waals surface area contributed by atoms with E-state index in [4.69, 9.17) is 24.7 Å². The number of hydrogen-bond acceptors (Lipinski definition) is 17. The van der Waals surface area contributed by atoms with E-state index in [1.54, 1.807) is 84.1 Å². The van der Waals surface area contributed by atoms with Crippen LogP contribution in [0.15, 0.2) is 115 Å². The summed E-state index contributed by atoms with van der Waals surface area (Å²) in [6, 6.07) is 29.9. The van der Waals surface area contributed by atoms with Crippen LogP contribution in [0.4, 0.5) is 20.1 Å². The highest BCUT2D eigenvalue weighted by Gasteiger charge is 2.45. The van der Waals surface area contributed by atoms with Crippen LogP contribution in [0.2, 0.25) is 0 Å². The zero-order chi connectivity index (χ0) is 81.1. The Hall–Kier alpha value is -9.20. The minimum Gasteiger partial charge on any atom is -0.449 e. The van der Waals surface area contributed by atoms with E-state index in [1.807, 2.05) is 99.5 Å². The number of likely N-dealkylation sites (tertiary alicyclic amines) is 1. The smallest absolute Gasteiger partial charge is 0.408 e. The molecule has 0 radical (unpaired) electrons. The fourth-order valence-corrected chi connectivity index (χ4v) is 16.1. The largest absolute Gasteiger partial charge is 0.449 e. The first-order valence-electron chi connectivity index (χ1n) is 39.4. The van der Waals surface area contributed by atoms with Crippen molar-refractivity contribution in [2.75, 3.05) is 52.8 Å². The molecule has 1 aliphatic heterocycles. The number of ether oxygens (including phenoxy) is 4. The number of fused-ring (bicyclic) bond motifs is 3. The Bertz CT molecular complexity index is 3860. The number of nitrogens with two attached hydrogens (primary N) is 1. The molecule has 8 amide bonds. The molecule has 0 spiro atoms. The predicted molar refractivity (Wildman–Crippen MR) is 428 cm³/mol. The van der Waals surface area contributed by atoms with Gasteiger partial charge in [-0.25, -0.2) is 19.4 Å². The SMILES string of the molecule is CCC(=O)C[C@@H](CCCCNC(=O)OCC1c2ccccc2-c2ccccc21)C(=O)N[C@H](C(=O)C[C@@H](CCCNC(N)=O)C(=O)Nc1ccc(COC(=O)NC(C)(C)C(=O)C[C@H](C(=O)N(C)[C@@H]([C@@H](C)CC)[C@@H](CC(=O)N2CCC[C@H]2[C@H](OC)[C@@H](C)C(=O)C[C@@H](Cc2ccccc2)c2nccs2)OC)C(C)C)cc1)C(C)C. The second-order valence-electron chi connectivity index (χ2n) is 31.1. The number of nitrogens with one attached hydrogen (secondary N) is 5. The van der Waals surface area contributed by atoms with E-state index in [0.29, 0.717) is 56.3 Å². The molecule has 7 N–H and O–H groups in total. The van der Waals surface area contributed by atoms with Crippen LogP contribution in [-0.4, -0.2) is 163 Å². The van der Waals surface area contributed by atoms with Gasteiger partial charge < -0.3 is 61.1 Å². The Labute approximate surface area is 659 Å². The fourth-order valence-electron chi connectivity index (χ4n) is 15.4. The van der Waals surface area contributed by atoms with E-state index in [9.17, 15) is 52.7 Å². The number of rotatable bonds is 46. The van der Waals surface area contributed by atoms with E-state index < -0.39 is 101 Å². The molecule has 24 nitrogen and oxygen atoms in total. The molecular formula is C86H119N9O15S. The lowest BCUT2D eigenvalue weighted by Crippen LogP contribution is -2.55. The first kappa shape index (κ1) is 89.0. The van der Waals surface area contributed by atoms with E-state index in [-0.39, 0.29) is 131 Å². The molecule has 1 aromatic heterocycles. The van der Waals surface area contributed by atoms with E-state index >= 15 is 0 Å². The molecule has 0 unspecified atom stereocenters. The number of amides is 8. The van der Waals surface area contributed by atoms with Crippen molar-refractivity contribution in [1.82, 2.24) is 36.1 Å². The van der Waals surface area contributed by atoms with Crippen molar-refractivity contribution in [3.8, 4) is 11.1 Å². The third-order valence-electron chi connectivity index (χ3n) is 22.1. The van der Waals surface area contributed by atoms with Crippen molar-refractivity contribution in [1.29, 1.82) is 0 Å². The van der Waals surface area contributed by atoms with Crippen LogP contribution in [0.3, 0.4) is 0 Å². The summed E-state index contributed by atoms with van der Waals surface area (Å²) in [6.45, 7) is 18.8. The Morgan fingerprint density at radius 3 is 1.93 bits per heavy atom. The summed E-state index contributed by atoms with van der Waals surface area (Å²) in [5.41, 5.74) is 10.3. The Kier molecular flexibility index (Phi) is 34.9. The third-order valence-corrected chi connectivity index (χ3v) is 23.1. The normalized spacial score (nSPS) is 16.1. The quantitative estimate of drug-likeness (QED) is 0.0197. The second kappa shape index (κ2) is 43.6. The van der Waals surface area contributed by atoms with E-state index in [0.717, 1.165) is 39.2 Å². The highest BCUT2D eigenvalue weighted by Crippen LogP contribution is 2.45. The standard InChI is InChI=1S/C86H119N9O15S/c1-14-55(7)77(73(107-12)50-75(100)95-43-26-35-70(95)78(108-13)56(8)71(97)48-61(81-88-42-44-111-81)45-57-27-17-16-18-28-57)94(11)82(103)68(53(3)4)49-74(99)86(9,10)93-85(106)109-51-58-36-38-62(39-37-58)91-79(101)60(30-25-41-89-83(87)104)47-72(98)76(54(5)6)92-80(102)59(46-63(96)15-2)29-23-24-40-90-84(105)110-52-69-66-33-21-19-31-64(66)65-32-20-22-34-67(65)69/h16-22,27-28,31-34,36-39,42,44,53-56,59-61,68-70,73,76-78H,14-15,23-26,29-30,35,40-41,43,45-52H2,1-13H3,(H,90,105)(H,91,101)(H,92,102)(H,93,106)(H3,87,89,104)/t55-,56-,59+,60+,61+,68-,70-,73+,76-,77-,78+/m0/s1. The number of thiazole rings is 1. The fraction of sp³-hybridized carbons (Fsp3) is 0.558. The number of urea groups is 1. The molecule has 0 saturated carbocycles. The Balaban J connectivity index is 0.894. The highest BCUT2D eigenvalue weighted by molar-refractivity contribution is 7.09. The average molecular weight is 1550 g/mol. The number of ketones is 4. The van der Waals surface area contributed by atoms with Gasteiger partial charge in [0.1, 0.15) is 24.8 Å². The number of carbonyl (C=O) groups is 11. The molecule has 5 aromatic rings. The van der Waals surface area contributed by atoms with Crippen LogP contribution in [0, 0.1) is 41.4 Å². The molecule has 111 heavy (non-hydrogen) atoms. The first-order valence-corrected chi connectivity index (χ1v) is 40.3. The monoisotopic (exact) mass is 1550 g/mol. The maximum Gasteiger partial charge on any atom is 0.408 e. The number of primary amides is 1. The first-order chi connectivity index (χ1) is 53.0. The lowest BCUT2D eigenvalue weighted by molar-refractivity contribution is -0.149. The van der Waals surface area contributed by atoms with Gasteiger partial charge >= 0.3 is 18.2 Å². The zero-order valence-corrected chi connectivity index (χ0v) is 68.0. The average Bonchev–Trinajstić information content (AvgIpc) is 1.62. The molecule has 1 aliphatic carbocycles. The summed E-state index contributed by atoms with van der Waals surface area (Å²) in [4.78, 5) is 160. The molecule has 7 rings (SSSR count). The van der Waals surface area contributed by atoms with Crippen molar-refractivity contribution in [3.05, 3.63) is 142 Å². The van der Waals surface area contributed by atoms with Crippen LogP contribution in [0.5, 0.6) is 0 Å². The lowest BCUT2D eigenvalue weighted by Gasteiger charge is -2.41. The van der Waals surface area contributed by atoms with Crippen molar-refractivity contribution in [2.24, 2.45) is 47.2 Å². The van der Waals surface area contributed by atoms with Crippen LogP contribution in [0.1, 0.15) is 198 Å². The molecule has 4 aromatic carbocycles. The number of carbonyl (C=O) groups excluding carboxylic acids is 11. The summed E-state index contributed by atoms with van der Waals surface area (Å²) >= 11 is 1.53. The van der Waals surface area contributed by atoms with E-state index in [2.05, 4.69) is 55.8 Å². The van der Waals surface area contributed by atoms with Gasteiger partial charge in [0.05, 0.1) is 47.3 Å². The number of methoxy groups -OCH3 is 2. The summed E-state index contributed by atoms with van der Waals surface area (Å²) in [5.74, 6) is -6.48. The lowest BCUT2D eigenvalue weighted by atomic mass is 9.83. The van der Waals surface area contributed by atoms with Gasteiger partial charge in [0, 0.05) is 126 Å². The molecule has 25 heteroatoms. The number of likely N-dealkylation sites (N-methyl/N-ethyl adjacent to an activating group) is 1. The van der Waals surface area contributed by atoms with Gasteiger partial charge in [-0.05, 0) is 122 Å². The number of nitrogens with zero attached hydrogens (tertiary/aromatic N) is 3. The van der Waals surface area contributed by atoms with Crippen LogP contribution < -0.4 is 32.3 Å². The minimum atomic E-state index is -1.49. The number of anilines is 1. The number of alkyl carbamates (subject to hydrolysis) is 2. The number of Topliss-reactive ketones (excluding diaryl/α,β-unsaturated/α-hetero) is 4. The van der Waals surface area contributed by atoms with Gasteiger partial charge in [0.25, 0.3) is 0 Å². The van der Waals surface area contributed by atoms with Crippen LogP contribution >= 0.6 is 11.3 Å². The number of hydrogen-bond donors (Lipinski definition) is 6. The third kappa shape index (κ3) is 25.7. The minimum absolute atomic E-state index is 0.0309. The van der Waals surface area contributed by atoms with Gasteiger partial charge in [0.15, 0.2) is 11.6 Å². The molecule has 0 bridgehead atoms. The van der Waals surface area contributed by atoms with E-state index in [1.165, 1.54) is 18.4 Å². The topological polar surface area (TPSA) is 330 Å². The predicted octanol–water partition coefficient (Wildman–Crippen LogP) is 13.1. The zero-order valence-electron chi connectivity index (χ0n) is 67.1. The summed E-state index contributed by atoms with van der Waals surface area (Å²) < 4.78 is 23.6. The van der Waals surface area contributed by atoms with Gasteiger partial charge in [-0.1, -0.05) is 159 Å². The summed E-state index contributed by atoms with van der Waals surface area (Å²) in [6.07, 6.45) is 3.32. The van der Waals surface area contributed by atoms with Gasteiger partial charge in [0.2, 0.25) is 23.6 Å². The number of unbranched alkanes of at least 4 members (excludes halogenated alkanes) is 1. The molecule has 2 aliphatic rings. The summed E-state index contributed by atoms with van der Waals surface area (Å²) in [7, 11) is 4.80. The molecule has 1 fully saturated rings. The maximum absolute atomic E-state index is 14.9. The van der Waals surface area contributed by atoms with Crippen LogP contribution in [0.25, 0.3) is 11.1 Å². The van der Waals surface area contributed by atoms with Crippen molar-refractivity contribution in [2.45, 2.75) is 220 Å². The highest BCUT2D eigenvalue weighted by atomic mass is 32.1. The molecule has 1 saturated heterocycles. The van der Waals surface area contributed by atoms with Gasteiger partial charge in [-0.2, -0.15) is 0 Å². The Morgan fingerprint density at radius 1 is 0.685 bits per heavy atom. The van der Waals surface area contributed by atoms with Crippen molar-refractivity contribution >= 4 is 82.0 Å². The molecule has 604 valence electrons. The van der Waals surface area contributed by atoms with Gasteiger partial charge in [-0.15, -0.1) is 11.3 Å². The number of benzene rings is 4. The summed E-state index contributed by atoms with van der Waals surface area (Å²) in [5, 5.41) is 16.6. The number of aromatic nitrogens is 1. The van der Waals surface area contributed by atoms with Crippen molar-refractivity contribution < 1.29 is 71.7 Å². The Morgan fingerprint density at radius 2 is 1.32 bits per heavy atom. The molecule has 11 atom stereocenters. The maximum atomic E-state index is 14.9. The molecule has 2 heterocycles. The second-order valence-corrected chi connectivity index (χ2v) is 32.0. The van der Waals surface area contributed by atoms with Gasteiger partial charge in [-0.3, -0.25) is 38.4 Å².